The number of carboxylic acid groups (broad SMARTS) is 1. The lowest BCUT2D eigenvalue weighted by Crippen LogP contribution is -2.57. The van der Waals surface area contributed by atoms with E-state index in [9.17, 15) is 29.1 Å². The molecule has 0 fully saturated rings. The molecule has 0 aliphatic rings. The molecule has 0 aromatic heterocycles. The molecule has 160 valence electrons. The fourth-order valence-electron chi connectivity index (χ4n) is 1.96. The van der Waals surface area contributed by atoms with E-state index in [4.69, 9.17) is 16.6 Å². The molecule has 4 amide bonds. The quantitative estimate of drug-likeness (QED) is 0.148. The van der Waals surface area contributed by atoms with Crippen molar-refractivity contribution in [3.63, 3.8) is 0 Å². The Labute approximate surface area is 166 Å². The first-order valence-electron chi connectivity index (χ1n) is 8.36. The maximum atomic E-state index is 12.3. The van der Waals surface area contributed by atoms with Gasteiger partial charge < -0.3 is 37.6 Å². The normalized spacial score (nSPS) is 13.7. The third-order valence-electron chi connectivity index (χ3n) is 3.51. The minimum atomic E-state index is -1.38. The Balaban J connectivity index is 4.88. The van der Waals surface area contributed by atoms with Crippen molar-refractivity contribution in [2.24, 2.45) is 11.5 Å². The number of carboxylic acids is 1. The van der Waals surface area contributed by atoms with E-state index in [1.165, 1.54) is 11.8 Å². The number of rotatable bonds is 14. The minimum absolute atomic E-state index is 0.0329. The first-order valence-corrected chi connectivity index (χ1v) is 9.75. The van der Waals surface area contributed by atoms with Crippen LogP contribution < -0.4 is 27.4 Å². The monoisotopic (exact) mass is 421 g/mol. The van der Waals surface area contributed by atoms with Crippen LogP contribution in [0.3, 0.4) is 0 Å². The molecule has 0 heterocycles. The molecule has 12 nitrogen and oxygen atoms in total. The summed E-state index contributed by atoms with van der Waals surface area (Å²) >= 11 is 1.41. The number of primary amides is 1. The van der Waals surface area contributed by atoms with Crippen LogP contribution in [0.5, 0.6) is 0 Å². The van der Waals surface area contributed by atoms with Crippen LogP contribution in [0, 0.1) is 0 Å². The highest BCUT2D eigenvalue weighted by atomic mass is 32.2. The number of thioether (sulfide) groups is 1. The van der Waals surface area contributed by atoms with Gasteiger partial charge >= 0.3 is 5.97 Å². The van der Waals surface area contributed by atoms with Gasteiger partial charge in [-0.05, 0) is 24.9 Å². The number of nitrogens with one attached hydrogen (secondary N) is 3. The molecule has 0 bridgehead atoms. The summed E-state index contributed by atoms with van der Waals surface area (Å²) in [6.07, 6.45) is 1.85. The number of amides is 4. The first-order chi connectivity index (χ1) is 13.1. The molecule has 0 saturated carbocycles. The lowest BCUT2D eigenvalue weighted by Gasteiger charge is -2.22. The molecule has 0 saturated heterocycles. The van der Waals surface area contributed by atoms with Crippen LogP contribution in [0.25, 0.3) is 0 Å². The highest BCUT2D eigenvalue weighted by Crippen LogP contribution is 2.02. The van der Waals surface area contributed by atoms with Crippen LogP contribution in [0.2, 0.25) is 0 Å². The fourth-order valence-corrected chi connectivity index (χ4v) is 2.44. The summed E-state index contributed by atoms with van der Waals surface area (Å²) in [5, 5.41) is 24.8. The molecule has 0 rings (SSSR count). The Hall–Kier alpha value is -2.38. The zero-order chi connectivity index (χ0) is 21.7. The molecule has 0 aromatic carbocycles. The molecule has 9 N–H and O–H groups in total. The Morgan fingerprint density at radius 2 is 1.61 bits per heavy atom. The van der Waals surface area contributed by atoms with Crippen LogP contribution in [0.1, 0.15) is 19.3 Å². The van der Waals surface area contributed by atoms with Gasteiger partial charge in [0.2, 0.25) is 23.6 Å². The highest BCUT2D eigenvalue weighted by molar-refractivity contribution is 7.98. The predicted octanol–water partition coefficient (Wildman–Crippen LogP) is -3.50. The molecule has 0 aliphatic heterocycles. The zero-order valence-electron chi connectivity index (χ0n) is 15.5. The smallest absolute Gasteiger partial charge is 0.322 e. The summed E-state index contributed by atoms with van der Waals surface area (Å²) in [6, 6.07) is -3.54. The second-order valence-electron chi connectivity index (χ2n) is 5.81. The van der Waals surface area contributed by atoms with Crippen LogP contribution in [0.15, 0.2) is 0 Å². The number of nitrogens with two attached hydrogens (primary N) is 2. The van der Waals surface area contributed by atoms with Gasteiger partial charge in [-0.3, -0.25) is 24.0 Å². The Morgan fingerprint density at radius 3 is 2.11 bits per heavy atom. The van der Waals surface area contributed by atoms with Crippen LogP contribution in [0.4, 0.5) is 0 Å². The van der Waals surface area contributed by atoms with Crippen molar-refractivity contribution in [1.82, 2.24) is 16.0 Å². The standard InChI is InChI=1S/C15H27N5O7S/c1-28-5-4-9(14(26)18-6-12(23)24)19-15(27)10(7-21)20-13(25)8(16)2-3-11(17)22/h8-10,21H,2-7,16H2,1H3,(H2,17,22)(H,18,26)(H,19,27)(H,20,25)(H,23,24). The first kappa shape index (κ1) is 25.6. The van der Waals surface area contributed by atoms with Gasteiger partial charge in [-0.1, -0.05) is 0 Å². The lowest BCUT2D eigenvalue weighted by molar-refractivity contribution is -0.138. The number of carbonyl (C=O) groups excluding carboxylic acids is 4. The van der Waals surface area contributed by atoms with E-state index in [1.54, 1.807) is 6.26 Å². The second kappa shape index (κ2) is 13.7. The van der Waals surface area contributed by atoms with Gasteiger partial charge in [-0.25, -0.2) is 0 Å². The van der Waals surface area contributed by atoms with E-state index in [0.717, 1.165) is 0 Å². The molecule has 3 atom stereocenters. The number of aliphatic hydroxyl groups is 1. The van der Waals surface area contributed by atoms with Gasteiger partial charge in [0.05, 0.1) is 12.6 Å². The van der Waals surface area contributed by atoms with E-state index in [1.807, 2.05) is 0 Å². The maximum Gasteiger partial charge on any atom is 0.322 e. The average Bonchev–Trinajstić information content (AvgIpc) is 2.64. The highest BCUT2D eigenvalue weighted by Gasteiger charge is 2.27. The Bertz CT molecular complexity index is 575. The minimum Gasteiger partial charge on any atom is -0.480 e. The Kier molecular flexibility index (Phi) is 12.6. The fraction of sp³-hybridized carbons (Fsp3) is 0.667. The van der Waals surface area contributed by atoms with Gasteiger partial charge in [0.25, 0.3) is 0 Å². The Morgan fingerprint density at radius 1 is 1.00 bits per heavy atom. The molecule has 0 aliphatic carbocycles. The number of hydrogen-bond acceptors (Lipinski definition) is 8. The van der Waals surface area contributed by atoms with Crippen LogP contribution in [-0.4, -0.2) is 83.1 Å². The molecule has 13 heteroatoms. The van der Waals surface area contributed by atoms with Crippen LogP contribution in [-0.2, 0) is 24.0 Å². The zero-order valence-corrected chi connectivity index (χ0v) is 16.3. The second-order valence-corrected chi connectivity index (χ2v) is 6.80. The summed E-state index contributed by atoms with van der Waals surface area (Å²) in [7, 11) is 0. The summed E-state index contributed by atoms with van der Waals surface area (Å²) < 4.78 is 0. The van der Waals surface area contributed by atoms with Crippen molar-refractivity contribution in [3.05, 3.63) is 0 Å². The van der Waals surface area contributed by atoms with Gasteiger partial charge in [-0.15, -0.1) is 0 Å². The number of carbonyl (C=O) groups is 5. The van der Waals surface area contributed by atoms with Gasteiger partial charge in [0.1, 0.15) is 18.6 Å². The van der Waals surface area contributed by atoms with Crippen molar-refractivity contribution < 1.29 is 34.2 Å². The van der Waals surface area contributed by atoms with Crippen molar-refractivity contribution in [2.75, 3.05) is 25.2 Å². The van der Waals surface area contributed by atoms with Gasteiger partial charge in [0, 0.05) is 6.42 Å². The van der Waals surface area contributed by atoms with Gasteiger partial charge in [-0.2, -0.15) is 11.8 Å². The van der Waals surface area contributed by atoms with Crippen LogP contribution >= 0.6 is 11.8 Å². The summed E-state index contributed by atoms with van der Waals surface area (Å²) in [5.41, 5.74) is 10.6. The number of aliphatic hydroxyl groups excluding tert-OH is 1. The predicted molar refractivity (Wildman–Crippen MR) is 101 cm³/mol. The third kappa shape index (κ3) is 10.7. The summed E-state index contributed by atoms with van der Waals surface area (Å²) in [5.74, 6) is -3.69. The topological polar surface area (TPSA) is 214 Å². The van der Waals surface area contributed by atoms with E-state index in [2.05, 4.69) is 16.0 Å². The lowest BCUT2D eigenvalue weighted by atomic mass is 10.1. The van der Waals surface area contributed by atoms with E-state index >= 15 is 0 Å². The largest absolute Gasteiger partial charge is 0.480 e. The van der Waals surface area contributed by atoms with Crippen molar-refractivity contribution in [2.45, 2.75) is 37.4 Å². The molecule has 3 unspecified atom stereocenters. The van der Waals surface area contributed by atoms with E-state index in [-0.39, 0.29) is 19.3 Å². The number of hydrogen-bond donors (Lipinski definition) is 7. The van der Waals surface area contributed by atoms with Crippen molar-refractivity contribution in [1.29, 1.82) is 0 Å². The third-order valence-corrected chi connectivity index (χ3v) is 4.16. The summed E-state index contributed by atoms with van der Waals surface area (Å²) in [6.45, 7) is -1.37. The molecule has 0 aromatic rings. The van der Waals surface area contributed by atoms with E-state index in [0.29, 0.717) is 5.75 Å². The molecule has 0 radical (unpaired) electrons. The van der Waals surface area contributed by atoms with Crippen molar-refractivity contribution in [3.8, 4) is 0 Å². The molecule has 28 heavy (non-hydrogen) atoms. The molecule has 0 spiro atoms. The molecular formula is C15H27N5O7S. The van der Waals surface area contributed by atoms with Gasteiger partial charge in [0.15, 0.2) is 0 Å². The number of aliphatic carboxylic acids is 1. The average molecular weight is 421 g/mol. The summed E-state index contributed by atoms with van der Waals surface area (Å²) in [4.78, 5) is 57.7. The van der Waals surface area contributed by atoms with E-state index < -0.39 is 60.9 Å². The maximum absolute atomic E-state index is 12.3. The van der Waals surface area contributed by atoms with Crippen molar-refractivity contribution >= 4 is 41.4 Å². The SMILES string of the molecule is CSCCC(NC(=O)C(CO)NC(=O)C(N)CCC(N)=O)C(=O)NCC(=O)O. The molecular weight excluding hydrogens is 394 g/mol.